The van der Waals surface area contributed by atoms with E-state index in [1.54, 1.807) is 12.1 Å². The van der Waals surface area contributed by atoms with Crippen molar-refractivity contribution in [1.82, 2.24) is 0 Å². The topological polar surface area (TPSA) is 60.8 Å². The molecule has 0 aliphatic carbocycles. The average Bonchev–Trinajstić information content (AvgIpc) is 2.38. The molecule has 2 rings (SSSR count). The minimum atomic E-state index is -0.927. The first-order valence-electron chi connectivity index (χ1n) is 5.01. The maximum atomic E-state index is 11.0. The number of aromatic hydroxyl groups is 1. The van der Waals surface area contributed by atoms with Crippen molar-refractivity contribution in [2.24, 2.45) is 0 Å². The highest BCUT2D eigenvalue weighted by Crippen LogP contribution is 2.29. The van der Waals surface area contributed by atoms with Crippen molar-refractivity contribution in [2.75, 3.05) is 11.4 Å². The number of phenolic OH excluding ortho intramolecular Hbond substituents is 1. The van der Waals surface area contributed by atoms with Crippen LogP contribution in [0, 0.1) is 0 Å². The molecule has 1 amide bonds. The normalized spacial score (nSPS) is 15.6. The number of nitrogens with zero attached hydrogens (tertiary/aromatic N) is 1. The van der Waals surface area contributed by atoms with Gasteiger partial charge < -0.3 is 10.2 Å². The average molecular weight is 207 g/mol. The molecule has 15 heavy (non-hydrogen) atoms. The van der Waals surface area contributed by atoms with Gasteiger partial charge >= 0.3 is 6.09 Å². The Morgan fingerprint density at radius 3 is 2.87 bits per heavy atom. The zero-order valence-electron chi connectivity index (χ0n) is 8.31. The van der Waals surface area contributed by atoms with Gasteiger partial charge in [0.05, 0.1) is 5.69 Å². The Morgan fingerprint density at radius 1 is 1.33 bits per heavy atom. The number of anilines is 1. The monoisotopic (exact) mass is 207 g/mol. The fourth-order valence-electron chi connectivity index (χ4n) is 1.94. The molecule has 1 aromatic rings. The summed E-state index contributed by atoms with van der Waals surface area (Å²) in [5.74, 6) is 0.195. The maximum absolute atomic E-state index is 11.0. The molecule has 2 N–H and O–H groups in total. The molecule has 0 radical (unpaired) electrons. The summed E-state index contributed by atoms with van der Waals surface area (Å²) in [7, 11) is 0. The SMILES string of the molecule is O=C(O)N1CCCCc2cc(O)ccc21. The van der Waals surface area contributed by atoms with Gasteiger partial charge in [-0.15, -0.1) is 0 Å². The second kappa shape index (κ2) is 3.81. The lowest BCUT2D eigenvalue weighted by atomic mass is 10.1. The third kappa shape index (κ3) is 1.88. The Hall–Kier alpha value is -1.71. The highest BCUT2D eigenvalue weighted by Gasteiger charge is 2.20. The lowest BCUT2D eigenvalue weighted by molar-refractivity contribution is 0.202. The van der Waals surface area contributed by atoms with Crippen molar-refractivity contribution in [1.29, 1.82) is 0 Å². The number of hydrogen-bond donors (Lipinski definition) is 2. The van der Waals surface area contributed by atoms with Crippen LogP contribution in [0.2, 0.25) is 0 Å². The molecule has 0 aromatic heterocycles. The summed E-state index contributed by atoms with van der Waals surface area (Å²) in [6, 6.07) is 4.85. The third-order valence-corrected chi connectivity index (χ3v) is 2.66. The summed E-state index contributed by atoms with van der Waals surface area (Å²) in [6.45, 7) is 0.535. The third-order valence-electron chi connectivity index (χ3n) is 2.66. The van der Waals surface area contributed by atoms with E-state index in [1.807, 2.05) is 0 Å². The largest absolute Gasteiger partial charge is 0.508 e. The van der Waals surface area contributed by atoms with E-state index in [1.165, 1.54) is 11.0 Å². The lowest BCUT2D eigenvalue weighted by Gasteiger charge is -2.19. The number of rotatable bonds is 0. The van der Waals surface area contributed by atoms with E-state index in [9.17, 15) is 9.90 Å². The predicted molar refractivity (Wildman–Crippen MR) is 56.4 cm³/mol. The minimum Gasteiger partial charge on any atom is -0.508 e. The number of hydrogen-bond acceptors (Lipinski definition) is 2. The molecule has 0 bridgehead atoms. The van der Waals surface area contributed by atoms with Gasteiger partial charge in [0.1, 0.15) is 5.75 Å². The number of phenols is 1. The smallest absolute Gasteiger partial charge is 0.411 e. The van der Waals surface area contributed by atoms with E-state index in [4.69, 9.17) is 5.11 Å². The lowest BCUT2D eigenvalue weighted by Crippen LogP contribution is -2.29. The molecule has 0 spiro atoms. The van der Waals surface area contributed by atoms with Crippen molar-refractivity contribution in [3.05, 3.63) is 23.8 Å². The molecule has 1 aliphatic rings. The number of aryl methyl sites for hydroxylation is 1. The molecule has 0 atom stereocenters. The Labute approximate surface area is 87.8 Å². The molecule has 80 valence electrons. The molecular weight excluding hydrogens is 194 g/mol. The Bertz CT molecular complexity index is 389. The van der Waals surface area contributed by atoms with Crippen LogP contribution < -0.4 is 4.90 Å². The fraction of sp³-hybridized carbons (Fsp3) is 0.364. The summed E-state index contributed by atoms with van der Waals surface area (Å²) in [4.78, 5) is 12.4. The number of carbonyl (C=O) groups is 1. The van der Waals surface area contributed by atoms with Gasteiger partial charge in [-0.1, -0.05) is 0 Å². The zero-order valence-corrected chi connectivity index (χ0v) is 8.31. The van der Waals surface area contributed by atoms with Crippen LogP contribution in [0.3, 0.4) is 0 Å². The maximum Gasteiger partial charge on any atom is 0.411 e. The van der Waals surface area contributed by atoms with Gasteiger partial charge in [-0.05, 0) is 43.0 Å². The van der Waals surface area contributed by atoms with Crippen molar-refractivity contribution < 1.29 is 15.0 Å². The number of carboxylic acid groups (broad SMARTS) is 1. The van der Waals surface area contributed by atoms with E-state index in [0.29, 0.717) is 12.2 Å². The van der Waals surface area contributed by atoms with Crippen LogP contribution in [0.15, 0.2) is 18.2 Å². The molecule has 0 saturated heterocycles. The van der Waals surface area contributed by atoms with Crippen LogP contribution in [0.1, 0.15) is 18.4 Å². The molecule has 0 saturated carbocycles. The molecule has 0 fully saturated rings. The summed E-state index contributed by atoms with van der Waals surface area (Å²) in [6.07, 6.45) is 1.72. The zero-order chi connectivity index (χ0) is 10.8. The fourth-order valence-corrected chi connectivity index (χ4v) is 1.94. The molecule has 4 nitrogen and oxygen atoms in total. The van der Waals surface area contributed by atoms with Gasteiger partial charge in [0, 0.05) is 6.54 Å². The van der Waals surface area contributed by atoms with Crippen LogP contribution in [0.5, 0.6) is 5.75 Å². The Kier molecular flexibility index (Phi) is 2.49. The second-order valence-corrected chi connectivity index (χ2v) is 3.70. The van der Waals surface area contributed by atoms with E-state index in [0.717, 1.165) is 24.8 Å². The Morgan fingerprint density at radius 2 is 2.13 bits per heavy atom. The Balaban J connectivity index is 2.45. The van der Waals surface area contributed by atoms with Crippen molar-refractivity contribution in [3.8, 4) is 5.75 Å². The quantitative estimate of drug-likeness (QED) is 0.685. The van der Waals surface area contributed by atoms with E-state index in [-0.39, 0.29) is 5.75 Å². The van der Waals surface area contributed by atoms with Crippen molar-refractivity contribution in [2.45, 2.75) is 19.3 Å². The number of fused-ring (bicyclic) bond motifs is 1. The van der Waals surface area contributed by atoms with Crippen LogP contribution in [-0.2, 0) is 6.42 Å². The second-order valence-electron chi connectivity index (χ2n) is 3.70. The first-order chi connectivity index (χ1) is 7.18. The summed E-state index contributed by atoms with van der Waals surface area (Å²) in [5.41, 5.74) is 1.62. The first-order valence-corrected chi connectivity index (χ1v) is 5.01. The van der Waals surface area contributed by atoms with Gasteiger partial charge in [-0.25, -0.2) is 4.79 Å². The molecule has 1 aromatic carbocycles. The minimum absolute atomic E-state index is 0.195. The molecule has 1 aliphatic heterocycles. The van der Waals surface area contributed by atoms with E-state index in [2.05, 4.69) is 0 Å². The number of benzene rings is 1. The van der Waals surface area contributed by atoms with Gasteiger partial charge in [-0.3, -0.25) is 4.90 Å². The standard InChI is InChI=1S/C11H13NO3/c13-9-4-5-10-8(7-9)3-1-2-6-12(10)11(14)15/h4-5,7,13H,1-3,6H2,(H,14,15). The van der Waals surface area contributed by atoms with Gasteiger partial charge in [0.2, 0.25) is 0 Å². The molecule has 1 heterocycles. The van der Waals surface area contributed by atoms with Crippen LogP contribution in [0.4, 0.5) is 10.5 Å². The van der Waals surface area contributed by atoms with Crippen LogP contribution in [-0.4, -0.2) is 22.9 Å². The van der Waals surface area contributed by atoms with Crippen molar-refractivity contribution >= 4 is 11.8 Å². The van der Waals surface area contributed by atoms with Gasteiger partial charge in [0.15, 0.2) is 0 Å². The van der Waals surface area contributed by atoms with Gasteiger partial charge in [-0.2, -0.15) is 0 Å². The van der Waals surface area contributed by atoms with E-state index < -0.39 is 6.09 Å². The van der Waals surface area contributed by atoms with Gasteiger partial charge in [0.25, 0.3) is 0 Å². The van der Waals surface area contributed by atoms with E-state index >= 15 is 0 Å². The molecule has 0 unspecified atom stereocenters. The molecular formula is C11H13NO3. The highest BCUT2D eigenvalue weighted by molar-refractivity contribution is 5.87. The molecule has 4 heteroatoms. The summed E-state index contributed by atoms with van der Waals surface area (Å²) >= 11 is 0. The predicted octanol–water partition coefficient (Wildman–Crippen LogP) is 2.21. The van der Waals surface area contributed by atoms with Crippen molar-refractivity contribution in [3.63, 3.8) is 0 Å². The number of amides is 1. The first kappa shape index (κ1) is 9.83. The van der Waals surface area contributed by atoms with Crippen LogP contribution >= 0.6 is 0 Å². The summed E-state index contributed by atoms with van der Waals surface area (Å²) in [5, 5.41) is 18.4. The summed E-state index contributed by atoms with van der Waals surface area (Å²) < 4.78 is 0. The highest BCUT2D eigenvalue weighted by atomic mass is 16.4. The van der Waals surface area contributed by atoms with Crippen LogP contribution in [0.25, 0.3) is 0 Å².